The SMILES string of the molecule is CC(C)NS(=O)(=O)Cc1ccccc1CNCC1CCCCC1. The van der Waals surface area contributed by atoms with Crippen molar-refractivity contribution in [2.45, 2.75) is 64.3 Å². The number of nitrogens with one attached hydrogen (secondary N) is 2. The van der Waals surface area contributed by atoms with Crippen LogP contribution in [0, 0.1) is 5.92 Å². The van der Waals surface area contributed by atoms with E-state index in [9.17, 15) is 8.42 Å². The zero-order valence-electron chi connectivity index (χ0n) is 14.3. The molecular weight excluding hydrogens is 308 g/mol. The summed E-state index contributed by atoms with van der Waals surface area (Å²) >= 11 is 0. The van der Waals surface area contributed by atoms with E-state index in [-0.39, 0.29) is 11.8 Å². The van der Waals surface area contributed by atoms with Gasteiger partial charge in [-0.15, -0.1) is 0 Å². The van der Waals surface area contributed by atoms with E-state index < -0.39 is 10.0 Å². The molecule has 2 N–H and O–H groups in total. The van der Waals surface area contributed by atoms with Crippen LogP contribution in [0.3, 0.4) is 0 Å². The Bertz CT molecular complexity index is 578. The molecular formula is C18H30N2O2S. The molecule has 5 heteroatoms. The van der Waals surface area contributed by atoms with E-state index in [0.717, 1.165) is 30.1 Å². The summed E-state index contributed by atoms with van der Waals surface area (Å²) in [6.07, 6.45) is 6.72. The lowest BCUT2D eigenvalue weighted by Gasteiger charge is -2.22. The topological polar surface area (TPSA) is 58.2 Å². The van der Waals surface area contributed by atoms with Crippen molar-refractivity contribution in [3.05, 3.63) is 35.4 Å². The molecule has 2 rings (SSSR count). The van der Waals surface area contributed by atoms with Gasteiger partial charge in [0.2, 0.25) is 10.0 Å². The molecule has 1 fully saturated rings. The highest BCUT2D eigenvalue weighted by atomic mass is 32.2. The lowest BCUT2D eigenvalue weighted by atomic mass is 9.89. The maximum absolute atomic E-state index is 12.2. The van der Waals surface area contributed by atoms with Gasteiger partial charge in [-0.2, -0.15) is 0 Å². The van der Waals surface area contributed by atoms with Gasteiger partial charge >= 0.3 is 0 Å². The standard InChI is InChI=1S/C18H30N2O2S/c1-15(2)20-23(21,22)14-18-11-7-6-10-17(18)13-19-12-16-8-4-3-5-9-16/h6-7,10-11,15-16,19-20H,3-5,8-9,12-14H2,1-2H3. The summed E-state index contributed by atoms with van der Waals surface area (Å²) in [4.78, 5) is 0. The quantitative estimate of drug-likeness (QED) is 0.765. The Kier molecular flexibility index (Phi) is 7.06. The molecule has 0 unspecified atom stereocenters. The zero-order chi connectivity index (χ0) is 16.7. The summed E-state index contributed by atoms with van der Waals surface area (Å²) < 4.78 is 27.0. The van der Waals surface area contributed by atoms with Gasteiger partial charge in [-0.25, -0.2) is 13.1 Å². The third-order valence-corrected chi connectivity index (χ3v) is 5.87. The van der Waals surface area contributed by atoms with Crippen LogP contribution >= 0.6 is 0 Å². The Morgan fingerprint density at radius 3 is 2.39 bits per heavy atom. The molecule has 0 aliphatic heterocycles. The van der Waals surface area contributed by atoms with Crippen LogP contribution in [-0.4, -0.2) is 21.0 Å². The first-order valence-corrected chi connectivity index (χ1v) is 10.4. The lowest BCUT2D eigenvalue weighted by molar-refractivity contribution is 0.342. The molecule has 0 spiro atoms. The average Bonchev–Trinajstić information content (AvgIpc) is 2.48. The normalized spacial score (nSPS) is 16.8. The fourth-order valence-corrected chi connectivity index (χ4v) is 4.77. The summed E-state index contributed by atoms with van der Waals surface area (Å²) in [7, 11) is -3.28. The molecule has 0 atom stereocenters. The molecule has 0 radical (unpaired) electrons. The predicted octanol–water partition coefficient (Wildman–Crippen LogP) is 3.18. The minimum absolute atomic E-state index is 0.0481. The largest absolute Gasteiger partial charge is 0.312 e. The first-order valence-electron chi connectivity index (χ1n) is 8.74. The number of sulfonamides is 1. The van der Waals surface area contributed by atoms with E-state index in [1.807, 2.05) is 38.1 Å². The van der Waals surface area contributed by atoms with Crippen LogP contribution in [0.2, 0.25) is 0 Å². The average molecular weight is 339 g/mol. The highest BCUT2D eigenvalue weighted by Crippen LogP contribution is 2.23. The first-order chi connectivity index (χ1) is 11.0. The predicted molar refractivity (Wildman–Crippen MR) is 95.6 cm³/mol. The summed E-state index contributed by atoms with van der Waals surface area (Å²) in [6.45, 7) is 5.46. The van der Waals surface area contributed by atoms with Gasteiger partial charge < -0.3 is 5.32 Å². The Labute approximate surface area is 141 Å². The summed E-state index contributed by atoms with van der Waals surface area (Å²) in [5, 5.41) is 3.52. The highest BCUT2D eigenvalue weighted by molar-refractivity contribution is 7.88. The Morgan fingerprint density at radius 1 is 1.09 bits per heavy atom. The van der Waals surface area contributed by atoms with Gasteiger partial charge in [0.25, 0.3) is 0 Å². The number of hydrogen-bond donors (Lipinski definition) is 2. The van der Waals surface area contributed by atoms with Gasteiger partial charge in [-0.1, -0.05) is 43.5 Å². The summed E-state index contributed by atoms with van der Waals surface area (Å²) in [5.74, 6) is 0.828. The van der Waals surface area contributed by atoms with Crippen molar-refractivity contribution in [2.24, 2.45) is 5.92 Å². The zero-order valence-corrected chi connectivity index (χ0v) is 15.2. The minimum atomic E-state index is -3.28. The maximum atomic E-state index is 12.2. The molecule has 1 aliphatic carbocycles. The summed E-state index contributed by atoms with van der Waals surface area (Å²) in [5.41, 5.74) is 1.97. The monoisotopic (exact) mass is 338 g/mol. The van der Waals surface area contributed by atoms with Crippen molar-refractivity contribution in [3.63, 3.8) is 0 Å². The second-order valence-corrected chi connectivity index (χ2v) is 8.69. The Hall–Kier alpha value is -0.910. The molecule has 4 nitrogen and oxygen atoms in total. The highest BCUT2D eigenvalue weighted by Gasteiger charge is 2.16. The van der Waals surface area contributed by atoms with Gasteiger partial charge in [0, 0.05) is 12.6 Å². The molecule has 0 heterocycles. The molecule has 1 aromatic carbocycles. The molecule has 23 heavy (non-hydrogen) atoms. The first kappa shape index (κ1) is 18.4. The van der Waals surface area contributed by atoms with Crippen LogP contribution in [0.1, 0.15) is 57.1 Å². The van der Waals surface area contributed by atoms with Crippen LogP contribution in [0.15, 0.2) is 24.3 Å². The van der Waals surface area contributed by atoms with E-state index in [0.29, 0.717) is 0 Å². The molecule has 0 saturated heterocycles. The minimum Gasteiger partial charge on any atom is -0.312 e. The third-order valence-electron chi connectivity index (χ3n) is 4.35. The Balaban J connectivity index is 1.91. The van der Waals surface area contributed by atoms with E-state index in [1.165, 1.54) is 32.1 Å². The molecule has 0 aromatic heterocycles. The van der Waals surface area contributed by atoms with Crippen LogP contribution < -0.4 is 10.0 Å². The van der Waals surface area contributed by atoms with Crippen molar-refractivity contribution in [1.82, 2.24) is 10.0 Å². The van der Waals surface area contributed by atoms with E-state index >= 15 is 0 Å². The Morgan fingerprint density at radius 2 is 1.74 bits per heavy atom. The van der Waals surface area contributed by atoms with Crippen LogP contribution in [-0.2, 0) is 22.3 Å². The molecule has 1 aromatic rings. The van der Waals surface area contributed by atoms with E-state index in [4.69, 9.17) is 0 Å². The van der Waals surface area contributed by atoms with Crippen molar-refractivity contribution in [2.75, 3.05) is 6.54 Å². The molecule has 1 aliphatic rings. The van der Waals surface area contributed by atoms with Crippen LogP contribution in [0.25, 0.3) is 0 Å². The smallest absolute Gasteiger partial charge is 0.216 e. The van der Waals surface area contributed by atoms with Crippen LogP contribution in [0.5, 0.6) is 0 Å². The second kappa shape index (κ2) is 8.81. The van der Waals surface area contributed by atoms with Gasteiger partial charge in [0.1, 0.15) is 0 Å². The van der Waals surface area contributed by atoms with Crippen LogP contribution in [0.4, 0.5) is 0 Å². The second-order valence-electron chi connectivity index (χ2n) is 6.94. The van der Waals surface area contributed by atoms with Gasteiger partial charge in [0.15, 0.2) is 0 Å². The van der Waals surface area contributed by atoms with Crippen molar-refractivity contribution in [3.8, 4) is 0 Å². The van der Waals surface area contributed by atoms with Crippen molar-refractivity contribution in [1.29, 1.82) is 0 Å². The molecule has 0 amide bonds. The van der Waals surface area contributed by atoms with Crippen molar-refractivity contribution >= 4 is 10.0 Å². The van der Waals surface area contributed by atoms with Gasteiger partial charge in [0.05, 0.1) is 5.75 Å². The lowest BCUT2D eigenvalue weighted by Crippen LogP contribution is -2.31. The summed E-state index contributed by atoms with van der Waals surface area (Å²) in [6, 6.07) is 7.75. The van der Waals surface area contributed by atoms with Gasteiger partial charge in [-0.05, 0) is 50.3 Å². The van der Waals surface area contributed by atoms with E-state index in [1.54, 1.807) is 0 Å². The molecule has 1 saturated carbocycles. The third kappa shape index (κ3) is 6.61. The fourth-order valence-electron chi connectivity index (χ4n) is 3.28. The van der Waals surface area contributed by atoms with Gasteiger partial charge in [-0.3, -0.25) is 0 Å². The number of benzene rings is 1. The molecule has 130 valence electrons. The van der Waals surface area contributed by atoms with E-state index in [2.05, 4.69) is 10.0 Å². The number of rotatable bonds is 8. The molecule has 0 bridgehead atoms. The maximum Gasteiger partial charge on any atom is 0.216 e. The fraction of sp³-hybridized carbons (Fsp3) is 0.667. The van der Waals surface area contributed by atoms with Crippen molar-refractivity contribution < 1.29 is 8.42 Å². The number of hydrogen-bond acceptors (Lipinski definition) is 3.